The predicted molar refractivity (Wildman–Crippen MR) is 175 cm³/mol. The Kier molecular flexibility index (Phi) is 24.6. The van der Waals surface area contributed by atoms with E-state index >= 15 is 0 Å². The average molecular weight is 627 g/mol. The molecule has 8 nitrogen and oxygen atoms in total. The van der Waals surface area contributed by atoms with Crippen molar-refractivity contribution in [2.24, 2.45) is 11.8 Å². The lowest BCUT2D eigenvalue weighted by Gasteiger charge is -2.21. The van der Waals surface area contributed by atoms with Gasteiger partial charge in [0.2, 0.25) is 0 Å². The van der Waals surface area contributed by atoms with Crippen LogP contribution in [0.1, 0.15) is 155 Å². The highest BCUT2D eigenvalue weighted by atomic mass is 16.6. The van der Waals surface area contributed by atoms with Crippen LogP contribution < -0.4 is 0 Å². The van der Waals surface area contributed by atoms with E-state index in [4.69, 9.17) is 9.47 Å². The quantitative estimate of drug-likeness (QED) is 0.0417. The molecular weight excluding hydrogens is 560 g/mol. The fourth-order valence-corrected chi connectivity index (χ4v) is 6.12. The Bertz CT molecular complexity index is 742. The molecule has 0 aliphatic heterocycles. The molecule has 1 aliphatic rings. The van der Waals surface area contributed by atoms with Crippen molar-refractivity contribution in [1.82, 2.24) is 0 Å². The van der Waals surface area contributed by atoms with Crippen LogP contribution in [0.15, 0.2) is 12.2 Å². The first-order chi connectivity index (χ1) is 21.3. The number of rotatable bonds is 28. The molecule has 0 heterocycles. The standard InChI is InChI=1S/C36H66O8/c1-3-5-7-8-9-10-11-12-13-19-23-36(42)44-30(27-37)28-43-35(41)22-18-15-14-17-21-31-32(34(40)26-33(31)39)25-24-29(38)20-16-6-4-2/h24-25,29-34,37-40H,3-23,26-28H2,1-2H3/b25-24+/t29-,30-,31+,32+,33-,34+/m0/s1. The van der Waals surface area contributed by atoms with E-state index in [0.717, 1.165) is 64.2 Å². The molecule has 8 heteroatoms. The molecule has 1 rings (SSSR count). The summed E-state index contributed by atoms with van der Waals surface area (Å²) < 4.78 is 10.5. The van der Waals surface area contributed by atoms with E-state index in [1.165, 1.54) is 44.9 Å². The molecule has 1 saturated carbocycles. The summed E-state index contributed by atoms with van der Waals surface area (Å²) in [5.41, 5.74) is 0. The van der Waals surface area contributed by atoms with E-state index in [0.29, 0.717) is 25.7 Å². The van der Waals surface area contributed by atoms with Gasteiger partial charge in [0.1, 0.15) is 6.61 Å². The summed E-state index contributed by atoms with van der Waals surface area (Å²) in [7, 11) is 0. The molecule has 1 aliphatic carbocycles. The number of hydrogen-bond acceptors (Lipinski definition) is 8. The molecular formula is C36H66O8. The maximum atomic E-state index is 12.2. The van der Waals surface area contributed by atoms with Gasteiger partial charge in [-0.15, -0.1) is 0 Å². The van der Waals surface area contributed by atoms with Gasteiger partial charge in [0, 0.05) is 25.2 Å². The largest absolute Gasteiger partial charge is 0.462 e. The predicted octanol–water partition coefficient (Wildman–Crippen LogP) is 6.94. The minimum absolute atomic E-state index is 0.0303. The Hall–Kier alpha value is -1.48. The number of aliphatic hydroxyl groups excluding tert-OH is 4. The SMILES string of the molecule is CCCCCCCCCCCCC(=O)O[C@@H](CO)COC(=O)CCCCCC[C@@H]1[C@@H](/C=C/[C@@H](O)CCCCC)[C@H](O)C[C@@H]1O. The third kappa shape index (κ3) is 19.8. The monoisotopic (exact) mass is 626 g/mol. The van der Waals surface area contributed by atoms with Crippen molar-refractivity contribution in [3.63, 3.8) is 0 Å². The van der Waals surface area contributed by atoms with Crippen LogP contribution in [-0.4, -0.2) is 70.0 Å². The Morgan fingerprint density at radius 1 is 0.750 bits per heavy atom. The molecule has 0 spiro atoms. The fraction of sp³-hybridized carbons (Fsp3) is 0.889. The van der Waals surface area contributed by atoms with Gasteiger partial charge in [0.05, 0.1) is 24.9 Å². The maximum absolute atomic E-state index is 12.2. The molecule has 0 aromatic carbocycles. The highest BCUT2D eigenvalue weighted by Gasteiger charge is 2.39. The minimum atomic E-state index is -0.831. The Morgan fingerprint density at radius 2 is 1.30 bits per heavy atom. The van der Waals surface area contributed by atoms with E-state index < -0.39 is 24.4 Å². The number of esters is 2. The van der Waals surface area contributed by atoms with Gasteiger partial charge in [-0.05, 0) is 31.6 Å². The lowest BCUT2D eigenvalue weighted by molar-refractivity contribution is -0.161. The van der Waals surface area contributed by atoms with Gasteiger partial charge in [-0.2, -0.15) is 0 Å². The number of aliphatic hydroxyl groups is 4. The minimum Gasteiger partial charge on any atom is -0.462 e. The third-order valence-corrected chi connectivity index (χ3v) is 8.91. The molecule has 4 N–H and O–H groups in total. The second-order valence-electron chi connectivity index (χ2n) is 12.9. The van der Waals surface area contributed by atoms with Crippen molar-refractivity contribution < 1.29 is 39.5 Å². The summed E-state index contributed by atoms with van der Waals surface area (Å²) in [4.78, 5) is 24.3. The second-order valence-corrected chi connectivity index (χ2v) is 12.9. The lowest BCUT2D eigenvalue weighted by Crippen LogP contribution is -2.28. The average Bonchev–Trinajstić information content (AvgIpc) is 3.27. The van der Waals surface area contributed by atoms with E-state index in [-0.39, 0.29) is 43.4 Å². The first-order valence-electron chi connectivity index (χ1n) is 18.0. The van der Waals surface area contributed by atoms with Gasteiger partial charge in [-0.3, -0.25) is 9.59 Å². The fourth-order valence-electron chi connectivity index (χ4n) is 6.12. The van der Waals surface area contributed by atoms with Crippen molar-refractivity contribution in [3.8, 4) is 0 Å². The molecule has 0 aromatic rings. The van der Waals surface area contributed by atoms with Crippen molar-refractivity contribution in [2.45, 2.75) is 180 Å². The van der Waals surface area contributed by atoms with Crippen molar-refractivity contribution in [1.29, 1.82) is 0 Å². The molecule has 0 saturated heterocycles. The van der Waals surface area contributed by atoms with E-state index in [2.05, 4.69) is 13.8 Å². The zero-order valence-corrected chi connectivity index (χ0v) is 28.0. The van der Waals surface area contributed by atoms with E-state index in [1.54, 1.807) is 6.08 Å². The number of carbonyl (C=O) groups is 2. The van der Waals surface area contributed by atoms with Gasteiger partial charge >= 0.3 is 11.9 Å². The summed E-state index contributed by atoms with van der Waals surface area (Å²) in [6, 6.07) is 0. The third-order valence-electron chi connectivity index (χ3n) is 8.91. The van der Waals surface area contributed by atoms with Crippen LogP contribution in [0.3, 0.4) is 0 Å². The van der Waals surface area contributed by atoms with Crippen LogP contribution in [0, 0.1) is 11.8 Å². The van der Waals surface area contributed by atoms with Gasteiger partial charge < -0.3 is 29.9 Å². The smallest absolute Gasteiger partial charge is 0.306 e. The van der Waals surface area contributed by atoms with Crippen LogP contribution in [0.4, 0.5) is 0 Å². The van der Waals surface area contributed by atoms with Crippen LogP contribution in [-0.2, 0) is 19.1 Å². The summed E-state index contributed by atoms with van der Waals surface area (Å²) in [6.45, 7) is 3.84. The first kappa shape index (κ1) is 40.5. The molecule has 0 radical (unpaired) electrons. The lowest BCUT2D eigenvalue weighted by atomic mass is 9.88. The number of hydrogen-bond donors (Lipinski definition) is 4. The molecule has 6 atom stereocenters. The molecule has 44 heavy (non-hydrogen) atoms. The summed E-state index contributed by atoms with van der Waals surface area (Å²) in [5, 5.41) is 40.6. The van der Waals surface area contributed by atoms with Gasteiger partial charge in [0.15, 0.2) is 6.10 Å². The van der Waals surface area contributed by atoms with Crippen molar-refractivity contribution >= 4 is 11.9 Å². The Labute approximate surface area is 268 Å². The van der Waals surface area contributed by atoms with Crippen molar-refractivity contribution in [3.05, 3.63) is 12.2 Å². The highest BCUT2D eigenvalue weighted by molar-refractivity contribution is 5.70. The van der Waals surface area contributed by atoms with Crippen LogP contribution in [0.5, 0.6) is 0 Å². The second kappa shape index (κ2) is 26.7. The summed E-state index contributed by atoms with van der Waals surface area (Å²) in [6.07, 6.45) is 22.0. The van der Waals surface area contributed by atoms with Crippen molar-refractivity contribution in [2.75, 3.05) is 13.2 Å². The zero-order chi connectivity index (χ0) is 32.4. The summed E-state index contributed by atoms with van der Waals surface area (Å²) in [5.74, 6) is -0.909. The zero-order valence-electron chi connectivity index (χ0n) is 28.0. The molecule has 0 amide bonds. The molecule has 0 bridgehead atoms. The number of carbonyl (C=O) groups excluding carboxylic acids is 2. The molecule has 0 aromatic heterocycles. The topological polar surface area (TPSA) is 134 Å². The first-order valence-corrected chi connectivity index (χ1v) is 18.0. The van der Waals surface area contributed by atoms with Gasteiger partial charge in [-0.25, -0.2) is 0 Å². The van der Waals surface area contributed by atoms with Gasteiger partial charge in [0.25, 0.3) is 0 Å². The number of ether oxygens (including phenoxy) is 2. The van der Waals surface area contributed by atoms with Gasteiger partial charge in [-0.1, -0.05) is 122 Å². The Balaban J connectivity index is 2.14. The highest BCUT2D eigenvalue weighted by Crippen LogP contribution is 2.37. The van der Waals surface area contributed by atoms with E-state index in [1.807, 2.05) is 6.08 Å². The maximum Gasteiger partial charge on any atom is 0.306 e. The number of unbranched alkanes of at least 4 members (excludes halogenated alkanes) is 14. The Morgan fingerprint density at radius 3 is 1.91 bits per heavy atom. The van der Waals surface area contributed by atoms with Crippen LogP contribution in [0.25, 0.3) is 0 Å². The van der Waals surface area contributed by atoms with Crippen LogP contribution >= 0.6 is 0 Å². The normalized spacial score (nSPS) is 21.5. The molecule has 1 fully saturated rings. The molecule has 258 valence electrons. The van der Waals surface area contributed by atoms with Crippen LogP contribution in [0.2, 0.25) is 0 Å². The molecule has 0 unspecified atom stereocenters. The van der Waals surface area contributed by atoms with E-state index in [9.17, 15) is 30.0 Å². The summed E-state index contributed by atoms with van der Waals surface area (Å²) >= 11 is 0.